The molecule has 3 heteroatoms. The molecule has 0 bridgehead atoms. The molecule has 0 saturated heterocycles. The van der Waals surface area contributed by atoms with Gasteiger partial charge in [-0.05, 0) is 62.1 Å². The van der Waals surface area contributed by atoms with Crippen LogP contribution in [0.25, 0.3) is 0 Å². The number of alkyl halides is 1. The zero-order chi connectivity index (χ0) is 11.6. The Balaban J connectivity index is 4.02. The van der Waals surface area contributed by atoms with Gasteiger partial charge in [-0.3, -0.25) is 0 Å². The molecule has 86 valence electrons. The molecule has 0 rings (SSSR count). The van der Waals surface area contributed by atoms with E-state index in [1.54, 1.807) is 0 Å². The van der Waals surface area contributed by atoms with Crippen molar-refractivity contribution in [1.29, 1.82) is 0 Å². The highest BCUT2D eigenvalue weighted by Crippen LogP contribution is 2.32. The summed E-state index contributed by atoms with van der Waals surface area (Å²) in [6, 6.07) is 0. The van der Waals surface area contributed by atoms with Crippen molar-refractivity contribution in [1.82, 2.24) is 0 Å². The minimum Gasteiger partial charge on any atom is -0.365 e. The van der Waals surface area contributed by atoms with Crippen LogP contribution in [0.2, 0.25) is 0 Å². The van der Waals surface area contributed by atoms with Crippen molar-refractivity contribution < 1.29 is 4.74 Å². The number of rotatable bonds is 5. The van der Waals surface area contributed by atoms with Gasteiger partial charge in [0.25, 0.3) is 0 Å². The molecule has 0 aliphatic carbocycles. The van der Waals surface area contributed by atoms with Crippen molar-refractivity contribution in [2.24, 2.45) is 11.1 Å². The van der Waals surface area contributed by atoms with Crippen LogP contribution in [-0.4, -0.2) is 15.8 Å². The molecular weight excluding hydrogens is 289 g/mol. The van der Waals surface area contributed by atoms with Gasteiger partial charge in [-0.25, -0.2) is 0 Å². The maximum atomic E-state index is 6.11. The molecule has 2 nitrogen and oxygen atoms in total. The summed E-state index contributed by atoms with van der Waals surface area (Å²) in [5.41, 5.74) is 6.05. The molecule has 0 aliphatic rings. The molecule has 0 saturated carbocycles. The third kappa shape index (κ3) is 5.51. The van der Waals surface area contributed by atoms with Gasteiger partial charge < -0.3 is 10.5 Å². The van der Waals surface area contributed by atoms with E-state index in [4.69, 9.17) is 10.5 Å². The van der Waals surface area contributed by atoms with Gasteiger partial charge in [-0.2, -0.15) is 0 Å². The lowest BCUT2D eigenvalue weighted by Crippen LogP contribution is -2.48. The van der Waals surface area contributed by atoms with E-state index in [2.05, 4.69) is 64.1 Å². The number of hydrogen-bond donors (Lipinski definition) is 1. The minimum atomic E-state index is -0.161. The first-order valence-electron chi connectivity index (χ1n) is 5.07. The van der Waals surface area contributed by atoms with E-state index in [0.29, 0.717) is 0 Å². The highest BCUT2D eigenvalue weighted by atomic mass is 127. The second kappa shape index (κ2) is 4.66. The Kier molecular flexibility index (Phi) is 4.88. The summed E-state index contributed by atoms with van der Waals surface area (Å²) in [4.78, 5) is 0. The largest absolute Gasteiger partial charge is 0.365 e. The first kappa shape index (κ1) is 14.6. The van der Waals surface area contributed by atoms with E-state index in [-0.39, 0.29) is 14.6 Å². The van der Waals surface area contributed by atoms with Crippen molar-refractivity contribution in [2.75, 3.05) is 6.61 Å². The van der Waals surface area contributed by atoms with Crippen LogP contribution in [0.15, 0.2) is 0 Å². The summed E-state index contributed by atoms with van der Waals surface area (Å²) in [7, 11) is 0. The van der Waals surface area contributed by atoms with Crippen LogP contribution in [0.5, 0.6) is 0 Å². The zero-order valence-corrected chi connectivity index (χ0v) is 12.4. The van der Waals surface area contributed by atoms with E-state index in [1.165, 1.54) is 0 Å². The Labute approximate surface area is 102 Å². The summed E-state index contributed by atoms with van der Waals surface area (Å²) in [6.45, 7) is 13.4. The highest BCUT2D eigenvalue weighted by molar-refractivity contribution is 14.1. The van der Waals surface area contributed by atoms with Gasteiger partial charge in [0.15, 0.2) is 0 Å². The minimum absolute atomic E-state index is 0.0768. The van der Waals surface area contributed by atoms with Crippen LogP contribution in [-0.2, 0) is 4.74 Å². The summed E-state index contributed by atoms with van der Waals surface area (Å²) < 4.78 is 5.61. The molecule has 2 N–H and O–H groups in total. The number of ether oxygens (including phenoxy) is 1. The summed E-state index contributed by atoms with van der Waals surface area (Å²) >= 11 is 2.30. The van der Waals surface area contributed by atoms with Gasteiger partial charge in [0.05, 0.1) is 0 Å². The quantitative estimate of drug-likeness (QED) is 0.624. The molecule has 0 amide bonds. The summed E-state index contributed by atoms with van der Waals surface area (Å²) in [5, 5.41) is 0. The average Bonchev–Trinajstić information content (AvgIpc) is 1.80. The second-order valence-electron chi connectivity index (χ2n) is 5.57. The van der Waals surface area contributed by atoms with E-state index < -0.39 is 0 Å². The fraction of sp³-hybridized carbons (Fsp3) is 1.00. The van der Waals surface area contributed by atoms with Crippen molar-refractivity contribution in [2.45, 2.75) is 57.1 Å². The smallest absolute Gasteiger partial charge is 0.113 e. The molecule has 0 unspecified atom stereocenters. The van der Waals surface area contributed by atoms with E-state index >= 15 is 0 Å². The molecular formula is C11H24INO. The molecule has 0 heterocycles. The lowest BCUT2D eigenvalue weighted by atomic mass is 9.73. The molecule has 0 fully saturated rings. The Morgan fingerprint density at radius 2 is 1.50 bits per heavy atom. The highest BCUT2D eigenvalue weighted by Gasteiger charge is 2.33. The first-order chi connectivity index (χ1) is 5.96. The van der Waals surface area contributed by atoms with E-state index in [1.807, 2.05) is 0 Å². The third-order valence-corrected chi connectivity index (χ3v) is 3.23. The Bertz CT molecular complexity index is 177. The van der Waals surface area contributed by atoms with Crippen molar-refractivity contribution in [3.8, 4) is 0 Å². The van der Waals surface area contributed by atoms with Gasteiger partial charge in [-0.1, -0.05) is 13.8 Å². The van der Waals surface area contributed by atoms with Crippen molar-refractivity contribution in [3.63, 3.8) is 0 Å². The SMILES string of the molecule is CC(C)(I)OCCC(C)(C)C(C)(C)N. The fourth-order valence-electron chi connectivity index (χ4n) is 0.871. The lowest BCUT2D eigenvalue weighted by molar-refractivity contribution is 0.0326. The molecule has 14 heavy (non-hydrogen) atoms. The van der Waals surface area contributed by atoms with Crippen molar-refractivity contribution in [3.05, 3.63) is 0 Å². The predicted octanol–water partition coefficient (Wildman–Crippen LogP) is 3.33. The van der Waals surface area contributed by atoms with Crippen LogP contribution in [0.3, 0.4) is 0 Å². The topological polar surface area (TPSA) is 35.2 Å². The predicted molar refractivity (Wildman–Crippen MR) is 70.7 cm³/mol. The Morgan fingerprint density at radius 1 is 1.07 bits per heavy atom. The third-order valence-electron chi connectivity index (χ3n) is 2.92. The normalized spacial score (nSPS) is 14.6. The summed E-state index contributed by atoms with van der Waals surface area (Å²) in [5.74, 6) is 0. The Hall–Kier alpha value is 0.650. The van der Waals surface area contributed by atoms with Crippen LogP contribution < -0.4 is 5.73 Å². The van der Waals surface area contributed by atoms with Gasteiger partial charge in [0.2, 0.25) is 0 Å². The fourth-order valence-corrected chi connectivity index (χ4v) is 1.09. The van der Waals surface area contributed by atoms with Gasteiger partial charge >= 0.3 is 0 Å². The molecule has 0 aromatic carbocycles. The molecule has 0 aromatic heterocycles. The first-order valence-corrected chi connectivity index (χ1v) is 6.15. The van der Waals surface area contributed by atoms with Gasteiger partial charge in [0.1, 0.15) is 3.61 Å². The average molecular weight is 313 g/mol. The van der Waals surface area contributed by atoms with Crippen molar-refractivity contribution >= 4 is 22.6 Å². The van der Waals surface area contributed by atoms with Gasteiger partial charge in [-0.15, -0.1) is 0 Å². The lowest BCUT2D eigenvalue weighted by Gasteiger charge is -2.39. The number of halogens is 1. The monoisotopic (exact) mass is 313 g/mol. The van der Waals surface area contributed by atoms with Crippen LogP contribution >= 0.6 is 22.6 Å². The van der Waals surface area contributed by atoms with E-state index in [9.17, 15) is 0 Å². The molecule has 0 aliphatic heterocycles. The second-order valence-corrected chi connectivity index (χ2v) is 8.17. The number of hydrogen-bond acceptors (Lipinski definition) is 2. The van der Waals surface area contributed by atoms with Gasteiger partial charge in [0, 0.05) is 12.1 Å². The molecule has 0 spiro atoms. The van der Waals surface area contributed by atoms with Crippen LogP contribution in [0.4, 0.5) is 0 Å². The Morgan fingerprint density at radius 3 is 1.79 bits per heavy atom. The number of nitrogens with two attached hydrogens (primary N) is 1. The van der Waals surface area contributed by atoms with Crippen LogP contribution in [0.1, 0.15) is 48.0 Å². The summed E-state index contributed by atoms with van der Waals surface area (Å²) in [6.07, 6.45) is 0.989. The molecule has 0 aromatic rings. The maximum absolute atomic E-state index is 6.11. The standard InChI is InChI=1S/C11H24INO/c1-9(2,10(3,4)13)7-8-14-11(5,6)12/h7-8,13H2,1-6H3. The van der Waals surface area contributed by atoms with Crippen LogP contribution in [0, 0.1) is 5.41 Å². The zero-order valence-electron chi connectivity index (χ0n) is 10.3. The van der Waals surface area contributed by atoms with E-state index in [0.717, 1.165) is 13.0 Å². The molecule has 0 radical (unpaired) electrons. The maximum Gasteiger partial charge on any atom is 0.113 e. The molecule has 0 atom stereocenters.